The molecule has 5 nitrogen and oxygen atoms in total. The number of aromatic nitrogens is 4. The molecule has 2 aromatic rings. The lowest BCUT2D eigenvalue weighted by atomic mass is 10.3. The van der Waals surface area contributed by atoms with Crippen LogP contribution < -0.4 is 5.73 Å². The minimum Gasteiger partial charge on any atom is -0.382 e. The van der Waals surface area contributed by atoms with Crippen LogP contribution in [-0.4, -0.2) is 20.0 Å². The fourth-order valence-corrected chi connectivity index (χ4v) is 1.32. The average Bonchev–Trinajstić information content (AvgIpc) is 2.61. The molecule has 2 heterocycles. The normalized spacial score (nSPS) is 11.8. The van der Waals surface area contributed by atoms with E-state index in [1.54, 1.807) is 0 Å². The number of alkyl halides is 3. The number of halogens is 3. The number of anilines is 1. The van der Waals surface area contributed by atoms with Gasteiger partial charge in [-0.2, -0.15) is 18.3 Å². The number of aryl methyl sites for hydroxylation is 1. The number of rotatable bonds is 1. The van der Waals surface area contributed by atoms with Crippen molar-refractivity contribution in [1.29, 1.82) is 0 Å². The van der Waals surface area contributed by atoms with Crippen molar-refractivity contribution >= 4 is 5.82 Å². The van der Waals surface area contributed by atoms with Crippen molar-refractivity contribution in [2.45, 2.75) is 13.1 Å². The largest absolute Gasteiger partial charge is 0.433 e. The van der Waals surface area contributed by atoms with E-state index < -0.39 is 11.9 Å². The number of hydrogen-bond donors (Lipinski definition) is 1. The Morgan fingerprint density at radius 2 is 1.94 bits per heavy atom. The Morgan fingerprint density at radius 1 is 1.24 bits per heavy atom. The minimum atomic E-state index is -4.50. The summed E-state index contributed by atoms with van der Waals surface area (Å²) in [5.74, 6) is 0.103. The van der Waals surface area contributed by atoms with Crippen molar-refractivity contribution < 1.29 is 13.2 Å². The highest BCUT2D eigenvalue weighted by Gasteiger charge is 2.36. The second-order valence-corrected chi connectivity index (χ2v) is 3.40. The summed E-state index contributed by atoms with van der Waals surface area (Å²) in [6.07, 6.45) is -4.50. The van der Waals surface area contributed by atoms with Crippen LogP contribution in [-0.2, 0) is 6.18 Å². The van der Waals surface area contributed by atoms with Gasteiger partial charge in [-0.15, -0.1) is 10.2 Å². The first-order chi connectivity index (χ1) is 7.88. The smallest absolute Gasteiger partial charge is 0.382 e. The monoisotopic (exact) mass is 243 g/mol. The third kappa shape index (κ3) is 2.19. The van der Waals surface area contributed by atoms with Gasteiger partial charge in [-0.1, -0.05) is 0 Å². The van der Waals surface area contributed by atoms with E-state index in [0.29, 0.717) is 4.68 Å². The quantitative estimate of drug-likeness (QED) is 0.825. The molecule has 2 aromatic heterocycles. The lowest BCUT2D eigenvalue weighted by Gasteiger charge is -2.08. The number of nitrogens with zero attached hydrogens (tertiary/aromatic N) is 4. The molecule has 2 rings (SSSR count). The van der Waals surface area contributed by atoms with Crippen LogP contribution in [0.2, 0.25) is 0 Å². The van der Waals surface area contributed by atoms with Crippen LogP contribution in [0.5, 0.6) is 0 Å². The molecule has 0 radical (unpaired) electrons. The Morgan fingerprint density at radius 3 is 2.47 bits per heavy atom. The number of hydrogen-bond acceptors (Lipinski definition) is 4. The summed E-state index contributed by atoms with van der Waals surface area (Å²) < 4.78 is 38.8. The lowest BCUT2D eigenvalue weighted by molar-refractivity contribution is -0.142. The Hall–Kier alpha value is -2.12. The van der Waals surface area contributed by atoms with Crippen LogP contribution in [0.15, 0.2) is 18.2 Å². The van der Waals surface area contributed by atoms with E-state index in [-0.39, 0.29) is 17.3 Å². The van der Waals surface area contributed by atoms with Crippen LogP contribution in [0.3, 0.4) is 0 Å². The predicted molar refractivity (Wildman–Crippen MR) is 53.3 cm³/mol. The topological polar surface area (TPSA) is 69.6 Å². The zero-order valence-electron chi connectivity index (χ0n) is 8.73. The molecule has 0 aliphatic rings. The molecular weight excluding hydrogens is 235 g/mol. The summed E-state index contributed by atoms with van der Waals surface area (Å²) in [5.41, 5.74) is 4.66. The highest BCUT2D eigenvalue weighted by molar-refractivity contribution is 5.33. The van der Waals surface area contributed by atoms with E-state index in [9.17, 15) is 13.2 Å². The minimum absolute atomic E-state index is 0.0281. The molecule has 0 aliphatic heterocycles. The molecule has 0 saturated heterocycles. The van der Waals surface area contributed by atoms with E-state index in [1.165, 1.54) is 19.1 Å². The van der Waals surface area contributed by atoms with Gasteiger partial charge in [-0.3, -0.25) is 0 Å². The summed E-state index contributed by atoms with van der Waals surface area (Å²) in [5, 5.41) is 10.8. The highest BCUT2D eigenvalue weighted by Crippen LogP contribution is 2.30. The molecule has 0 atom stereocenters. The summed E-state index contributed by atoms with van der Waals surface area (Å²) in [6.45, 7) is 1.47. The number of nitrogen functional groups attached to an aromatic ring is 1. The van der Waals surface area contributed by atoms with Gasteiger partial charge in [0.1, 0.15) is 11.5 Å². The fourth-order valence-electron chi connectivity index (χ4n) is 1.32. The lowest BCUT2D eigenvalue weighted by Crippen LogP contribution is -2.14. The Labute approximate surface area is 94.1 Å². The van der Waals surface area contributed by atoms with Gasteiger partial charge in [0, 0.05) is 0 Å². The van der Waals surface area contributed by atoms with Crippen molar-refractivity contribution in [2.24, 2.45) is 0 Å². The molecule has 90 valence electrons. The van der Waals surface area contributed by atoms with Crippen LogP contribution in [0.25, 0.3) is 5.82 Å². The molecule has 0 aliphatic carbocycles. The van der Waals surface area contributed by atoms with Crippen molar-refractivity contribution in [2.75, 3.05) is 5.73 Å². The van der Waals surface area contributed by atoms with Gasteiger partial charge in [0.05, 0.1) is 5.69 Å². The standard InChI is InChI=1S/C9H8F3N5/c1-5-4-6(9(10,11)12)17(16-5)8-3-2-7(13)14-15-8/h2-4H,1H3,(H2,13,14). The summed E-state index contributed by atoms with van der Waals surface area (Å²) in [4.78, 5) is 0. The molecule has 0 amide bonds. The summed E-state index contributed by atoms with van der Waals surface area (Å²) in [7, 11) is 0. The first-order valence-corrected chi connectivity index (χ1v) is 4.61. The summed E-state index contributed by atoms with van der Waals surface area (Å²) in [6, 6.07) is 3.63. The molecule has 0 bridgehead atoms. The Bertz CT molecular complexity index is 529. The maximum Gasteiger partial charge on any atom is 0.433 e. The zero-order chi connectivity index (χ0) is 12.6. The van der Waals surface area contributed by atoms with E-state index in [1.807, 2.05) is 0 Å². The van der Waals surface area contributed by atoms with Gasteiger partial charge in [0.15, 0.2) is 5.82 Å². The number of nitrogens with two attached hydrogens (primary N) is 1. The van der Waals surface area contributed by atoms with Crippen LogP contribution in [0.1, 0.15) is 11.4 Å². The highest BCUT2D eigenvalue weighted by atomic mass is 19.4. The molecule has 0 aromatic carbocycles. The second-order valence-electron chi connectivity index (χ2n) is 3.40. The van der Waals surface area contributed by atoms with Gasteiger partial charge >= 0.3 is 6.18 Å². The maximum absolute atomic E-state index is 12.7. The average molecular weight is 243 g/mol. The first-order valence-electron chi connectivity index (χ1n) is 4.61. The molecule has 17 heavy (non-hydrogen) atoms. The second kappa shape index (κ2) is 3.72. The van der Waals surface area contributed by atoms with E-state index in [0.717, 1.165) is 6.07 Å². The van der Waals surface area contributed by atoms with Crippen LogP contribution in [0, 0.1) is 6.92 Å². The Kier molecular flexibility index (Phi) is 2.49. The Balaban J connectivity index is 2.55. The van der Waals surface area contributed by atoms with Gasteiger partial charge in [-0.25, -0.2) is 4.68 Å². The molecule has 0 spiro atoms. The van der Waals surface area contributed by atoms with Crippen LogP contribution >= 0.6 is 0 Å². The molecule has 0 saturated carbocycles. The third-order valence-corrected chi connectivity index (χ3v) is 2.01. The van der Waals surface area contributed by atoms with Gasteiger partial charge < -0.3 is 5.73 Å². The van der Waals surface area contributed by atoms with Gasteiger partial charge in [0.25, 0.3) is 0 Å². The summed E-state index contributed by atoms with van der Waals surface area (Å²) >= 11 is 0. The maximum atomic E-state index is 12.7. The van der Waals surface area contributed by atoms with Crippen molar-refractivity contribution in [3.05, 3.63) is 29.6 Å². The predicted octanol–water partition coefficient (Wildman–Crippen LogP) is 1.57. The molecule has 0 fully saturated rings. The van der Waals surface area contributed by atoms with Crippen molar-refractivity contribution in [3.8, 4) is 5.82 Å². The zero-order valence-corrected chi connectivity index (χ0v) is 8.73. The van der Waals surface area contributed by atoms with Gasteiger partial charge in [0.2, 0.25) is 0 Å². The third-order valence-electron chi connectivity index (χ3n) is 2.01. The SMILES string of the molecule is Cc1cc(C(F)(F)F)n(-c2ccc(N)nn2)n1. The van der Waals surface area contributed by atoms with Crippen LogP contribution in [0.4, 0.5) is 19.0 Å². The fraction of sp³-hybridized carbons (Fsp3) is 0.222. The van der Waals surface area contributed by atoms with Gasteiger partial charge in [-0.05, 0) is 25.1 Å². The molecule has 0 unspecified atom stereocenters. The molecule has 8 heteroatoms. The molecule has 2 N–H and O–H groups in total. The van der Waals surface area contributed by atoms with E-state index in [2.05, 4.69) is 15.3 Å². The molecular formula is C9H8F3N5. The van der Waals surface area contributed by atoms with E-state index >= 15 is 0 Å². The van der Waals surface area contributed by atoms with Crippen molar-refractivity contribution in [3.63, 3.8) is 0 Å². The van der Waals surface area contributed by atoms with Crippen molar-refractivity contribution in [1.82, 2.24) is 20.0 Å². The first kappa shape index (κ1) is 11.4. The van der Waals surface area contributed by atoms with E-state index in [4.69, 9.17) is 5.73 Å².